The zero-order valence-corrected chi connectivity index (χ0v) is 9.97. The van der Waals surface area contributed by atoms with Crippen molar-refractivity contribution in [2.45, 2.75) is 18.4 Å². The molecule has 2 aliphatic rings. The summed E-state index contributed by atoms with van der Waals surface area (Å²) in [5.74, 6) is -0.214. The Morgan fingerprint density at radius 1 is 1.28 bits per heavy atom. The molecule has 1 aliphatic heterocycles. The summed E-state index contributed by atoms with van der Waals surface area (Å²) in [6.45, 7) is 1.01. The van der Waals surface area contributed by atoms with Crippen molar-refractivity contribution < 1.29 is 15.0 Å². The van der Waals surface area contributed by atoms with Gasteiger partial charge in [-0.05, 0) is 30.9 Å². The number of carbonyl (C=O) groups excluding carboxylic acids is 1. The van der Waals surface area contributed by atoms with Gasteiger partial charge in [0.15, 0.2) is 0 Å². The van der Waals surface area contributed by atoms with Crippen LogP contribution >= 0.6 is 0 Å². The summed E-state index contributed by atoms with van der Waals surface area (Å²) in [7, 11) is 0. The Bertz CT molecular complexity index is 485. The molecule has 5 nitrogen and oxygen atoms in total. The molecule has 4 N–H and O–H groups in total. The first-order valence-electron chi connectivity index (χ1n) is 6.10. The van der Waals surface area contributed by atoms with E-state index in [1.54, 1.807) is 4.90 Å². The number of phenols is 2. The van der Waals surface area contributed by atoms with Crippen LogP contribution in [-0.2, 0) is 0 Å². The molecular weight excluding hydrogens is 232 g/mol. The number of aromatic hydroxyl groups is 2. The number of nitrogens with two attached hydrogens (primary N) is 1. The minimum Gasteiger partial charge on any atom is -0.507 e. The summed E-state index contributed by atoms with van der Waals surface area (Å²) in [4.78, 5) is 13.7. The van der Waals surface area contributed by atoms with Crippen LogP contribution in [0.5, 0.6) is 11.5 Å². The van der Waals surface area contributed by atoms with E-state index in [4.69, 9.17) is 5.73 Å². The lowest BCUT2D eigenvalue weighted by Crippen LogP contribution is -2.69. The fraction of sp³-hybridized carbons (Fsp3) is 0.462. The van der Waals surface area contributed by atoms with Gasteiger partial charge in [-0.3, -0.25) is 4.79 Å². The van der Waals surface area contributed by atoms with Crippen LogP contribution < -0.4 is 5.73 Å². The fourth-order valence-electron chi connectivity index (χ4n) is 2.63. The minimum atomic E-state index is -0.354. The second-order valence-electron chi connectivity index (χ2n) is 5.34. The smallest absolute Gasteiger partial charge is 0.261 e. The van der Waals surface area contributed by atoms with Gasteiger partial charge in [0.1, 0.15) is 17.1 Å². The van der Waals surface area contributed by atoms with Gasteiger partial charge < -0.3 is 20.8 Å². The highest BCUT2D eigenvalue weighted by molar-refractivity contribution is 6.00. The van der Waals surface area contributed by atoms with Crippen LogP contribution in [0.2, 0.25) is 0 Å². The lowest BCUT2D eigenvalue weighted by atomic mass is 9.85. The number of hydrogen-bond acceptors (Lipinski definition) is 4. The lowest BCUT2D eigenvalue weighted by molar-refractivity contribution is 0.0345. The minimum absolute atomic E-state index is 0.0321. The molecule has 2 fully saturated rings. The summed E-state index contributed by atoms with van der Waals surface area (Å²) < 4.78 is 0. The van der Waals surface area contributed by atoms with E-state index in [0.29, 0.717) is 19.0 Å². The molecule has 96 valence electrons. The largest absolute Gasteiger partial charge is 0.507 e. The molecule has 1 heterocycles. The Balaban J connectivity index is 1.76. The number of likely N-dealkylation sites (tertiary alicyclic amines) is 1. The van der Waals surface area contributed by atoms with E-state index in [-0.39, 0.29) is 28.5 Å². The van der Waals surface area contributed by atoms with Crippen molar-refractivity contribution in [1.29, 1.82) is 0 Å². The molecule has 1 amide bonds. The fourth-order valence-corrected chi connectivity index (χ4v) is 2.63. The number of rotatable bonds is 2. The van der Waals surface area contributed by atoms with E-state index >= 15 is 0 Å². The van der Waals surface area contributed by atoms with Crippen LogP contribution in [0.25, 0.3) is 0 Å². The molecule has 0 bridgehead atoms. The Morgan fingerprint density at radius 2 is 1.83 bits per heavy atom. The van der Waals surface area contributed by atoms with Crippen molar-refractivity contribution in [1.82, 2.24) is 4.90 Å². The van der Waals surface area contributed by atoms with Gasteiger partial charge in [-0.1, -0.05) is 6.07 Å². The number of carbonyl (C=O) groups is 1. The average Bonchev–Trinajstić information content (AvgIpc) is 3.08. The van der Waals surface area contributed by atoms with Crippen LogP contribution in [-0.4, -0.2) is 39.6 Å². The molecule has 0 radical (unpaired) electrons. The van der Waals surface area contributed by atoms with Gasteiger partial charge in [0.25, 0.3) is 5.91 Å². The maximum Gasteiger partial charge on any atom is 0.261 e. The first kappa shape index (κ1) is 11.3. The van der Waals surface area contributed by atoms with E-state index in [2.05, 4.69) is 0 Å². The third kappa shape index (κ3) is 1.62. The van der Waals surface area contributed by atoms with Gasteiger partial charge in [-0.15, -0.1) is 0 Å². The summed E-state index contributed by atoms with van der Waals surface area (Å²) in [6.07, 6.45) is 2.28. The average molecular weight is 248 g/mol. The summed E-state index contributed by atoms with van der Waals surface area (Å²) in [5, 5.41) is 19.3. The van der Waals surface area contributed by atoms with Crippen LogP contribution in [0, 0.1) is 5.92 Å². The van der Waals surface area contributed by atoms with Gasteiger partial charge in [0, 0.05) is 13.1 Å². The van der Waals surface area contributed by atoms with Crippen molar-refractivity contribution in [3.05, 3.63) is 23.8 Å². The highest BCUT2D eigenvalue weighted by atomic mass is 16.3. The zero-order chi connectivity index (χ0) is 12.9. The number of benzene rings is 1. The molecule has 5 heteroatoms. The second-order valence-corrected chi connectivity index (χ2v) is 5.34. The van der Waals surface area contributed by atoms with Gasteiger partial charge in [0.05, 0.1) is 5.54 Å². The van der Waals surface area contributed by atoms with Crippen molar-refractivity contribution in [2.24, 2.45) is 11.7 Å². The molecule has 0 atom stereocenters. The molecule has 1 saturated heterocycles. The predicted octanol–water partition coefficient (Wildman–Crippen LogP) is 0.661. The van der Waals surface area contributed by atoms with Gasteiger partial charge in [0.2, 0.25) is 0 Å². The van der Waals surface area contributed by atoms with Crippen molar-refractivity contribution in [3.63, 3.8) is 0 Å². The maximum atomic E-state index is 12.1. The van der Waals surface area contributed by atoms with Gasteiger partial charge >= 0.3 is 0 Å². The van der Waals surface area contributed by atoms with Gasteiger partial charge in [-0.25, -0.2) is 0 Å². The van der Waals surface area contributed by atoms with Crippen molar-refractivity contribution in [3.8, 4) is 11.5 Å². The summed E-state index contributed by atoms with van der Waals surface area (Å²) in [5.41, 5.74) is 5.89. The topological polar surface area (TPSA) is 86.8 Å². The normalized spacial score (nSPS) is 21.5. The maximum absolute atomic E-state index is 12.1. The van der Waals surface area contributed by atoms with Gasteiger partial charge in [-0.2, -0.15) is 0 Å². The van der Waals surface area contributed by atoms with E-state index in [9.17, 15) is 15.0 Å². The Labute approximate surface area is 105 Å². The zero-order valence-electron chi connectivity index (χ0n) is 9.97. The van der Waals surface area contributed by atoms with Crippen LogP contribution in [0.1, 0.15) is 23.2 Å². The van der Waals surface area contributed by atoms with Crippen LogP contribution in [0.4, 0.5) is 0 Å². The first-order valence-corrected chi connectivity index (χ1v) is 6.10. The molecule has 0 spiro atoms. The molecule has 1 aliphatic carbocycles. The molecule has 18 heavy (non-hydrogen) atoms. The molecule has 1 saturated carbocycles. The predicted molar refractivity (Wildman–Crippen MR) is 65.3 cm³/mol. The number of phenolic OH excluding ortho intramolecular Hbond substituents is 2. The molecule has 3 rings (SSSR count). The summed E-state index contributed by atoms with van der Waals surface area (Å²) >= 11 is 0. The van der Waals surface area contributed by atoms with Crippen molar-refractivity contribution in [2.75, 3.05) is 13.1 Å². The Hall–Kier alpha value is -1.75. The highest BCUT2D eigenvalue weighted by Crippen LogP contribution is 2.43. The van der Waals surface area contributed by atoms with E-state index in [0.717, 1.165) is 12.8 Å². The first-order chi connectivity index (χ1) is 8.51. The number of amides is 1. The standard InChI is InChI=1S/C13H16N2O3/c14-13(8-4-5-8)6-15(7-13)12(18)11-9(16)2-1-3-10(11)17/h1-3,8,16-17H,4-7,14H2. The van der Waals surface area contributed by atoms with Crippen LogP contribution in [0.3, 0.4) is 0 Å². The molecule has 1 aromatic carbocycles. The lowest BCUT2D eigenvalue weighted by Gasteiger charge is -2.48. The molecule has 0 aromatic heterocycles. The van der Waals surface area contributed by atoms with Crippen molar-refractivity contribution >= 4 is 5.91 Å². The van der Waals surface area contributed by atoms with Crippen LogP contribution in [0.15, 0.2) is 18.2 Å². The van der Waals surface area contributed by atoms with E-state index in [1.807, 2.05) is 0 Å². The Morgan fingerprint density at radius 3 is 2.33 bits per heavy atom. The Kier molecular flexibility index (Phi) is 2.28. The third-order valence-corrected chi connectivity index (χ3v) is 3.88. The molecular formula is C13H16N2O3. The highest BCUT2D eigenvalue weighted by Gasteiger charge is 2.52. The van der Waals surface area contributed by atoms with E-state index in [1.165, 1.54) is 18.2 Å². The molecule has 1 aromatic rings. The third-order valence-electron chi connectivity index (χ3n) is 3.88. The quantitative estimate of drug-likeness (QED) is 0.717. The number of nitrogens with zero attached hydrogens (tertiary/aromatic N) is 1. The molecule has 0 unspecified atom stereocenters. The second kappa shape index (κ2) is 3.62. The van der Waals surface area contributed by atoms with E-state index < -0.39 is 0 Å². The SMILES string of the molecule is NC1(C2CC2)CN(C(=O)c2c(O)cccc2O)C1. The monoisotopic (exact) mass is 248 g/mol. The summed E-state index contributed by atoms with van der Waals surface area (Å²) in [6, 6.07) is 4.28. The number of hydrogen-bond donors (Lipinski definition) is 3.